The van der Waals surface area contributed by atoms with Gasteiger partial charge in [0.05, 0.1) is 33.9 Å². The molecule has 214 valence electrons. The Hall–Kier alpha value is -4.84. The molecule has 0 N–H and O–H groups in total. The van der Waals surface area contributed by atoms with Crippen LogP contribution in [0, 0.1) is 23.3 Å². The number of benzene rings is 3. The van der Waals surface area contributed by atoms with Crippen molar-refractivity contribution < 1.29 is 17.6 Å². The first-order valence-electron chi connectivity index (χ1n) is 14.1. The number of aromatic nitrogens is 2. The van der Waals surface area contributed by atoms with Gasteiger partial charge in [0, 0.05) is 16.5 Å². The molecule has 2 nitrogen and oxygen atoms in total. The molecule has 0 spiro atoms. The Kier molecular flexibility index (Phi) is 7.53. The van der Waals surface area contributed by atoms with Crippen LogP contribution in [0.25, 0.3) is 39.2 Å². The molecule has 43 heavy (non-hydrogen) atoms. The number of halogens is 4. The molecule has 3 aromatic carbocycles. The van der Waals surface area contributed by atoms with Gasteiger partial charge in [-0.1, -0.05) is 60.7 Å². The van der Waals surface area contributed by atoms with E-state index >= 15 is 8.78 Å². The van der Waals surface area contributed by atoms with Gasteiger partial charge in [0.2, 0.25) is 0 Å². The lowest BCUT2D eigenvalue weighted by molar-refractivity contribution is 0.577. The van der Waals surface area contributed by atoms with Gasteiger partial charge in [0.25, 0.3) is 0 Å². The average molecular weight is 577 g/mol. The van der Waals surface area contributed by atoms with Crippen molar-refractivity contribution in [1.29, 1.82) is 0 Å². The quantitative estimate of drug-likeness (QED) is 0.188. The normalized spacial score (nSPS) is 13.2. The summed E-state index contributed by atoms with van der Waals surface area (Å²) >= 11 is 0. The molecule has 0 amide bonds. The summed E-state index contributed by atoms with van der Waals surface area (Å²) in [5.74, 6) is -2.64. The molecule has 1 aliphatic carbocycles. The number of allylic oxidation sites excluding steroid dienone is 4. The van der Waals surface area contributed by atoms with Gasteiger partial charge in [-0.15, -0.1) is 0 Å². The van der Waals surface area contributed by atoms with E-state index in [1.54, 1.807) is 60.7 Å². The van der Waals surface area contributed by atoms with Gasteiger partial charge in [0.1, 0.15) is 23.3 Å². The van der Waals surface area contributed by atoms with E-state index in [4.69, 9.17) is 9.97 Å². The van der Waals surface area contributed by atoms with Gasteiger partial charge in [-0.3, -0.25) is 9.97 Å². The lowest BCUT2D eigenvalue weighted by Gasteiger charge is -2.25. The molecule has 0 saturated heterocycles. The maximum atomic E-state index is 15.8. The van der Waals surface area contributed by atoms with Crippen molar-refractivity contribution >= 4 is 5.57 Å². The zero-order valence-electron chi connectivity index (χ0n) is 23.7. The van der Waals surface area contributed by atoms with Gasteiger partial charge in [-0.2, -0.15) is 0 Å². The van der Waals surface area contributed by atoms with Gasteiger partial charge >= 0.3 is 0 Å². The largest absolute Gasteiger partial charge is 0.252 e. The lowest BCUT2D eigenvalue weighted by Crippen LogP contribution is -2.22. The Morgan fingerprint density at radius 1 is 0.581 bits per heavy atom. The Balaban J connectivity index is 1.39. The van der Waals surface area contributed by atoms with Crippen LogP contribution < -0.4 is 0 Å². The molecular formula is C37H28F4N2. The SMILES string of the molecule is CC(C)(c1cccc(-c2ccc(F)c(C3=CCCC=C3)c2F)n1)c1cccc(-c2ccc(F)c(-c3ccccc3)c2F)n1. The first kappa shape index (κ1) is 28.3. The van der Waals surface area contributed by atoms with Crippen molar-refractivity contribution in [2.75, 3.05) is 0 Å². The smallest absolute Gasteiger partial charge is 0.143 e. The number of nitrogens with zero attached hydrogens (tertiary/aromatic N) is 2. The van der Waals surface area contributed by atoms with Crippen LogP contribution in [0.1, 0.15) is 43.6 Å². The minimum absolute atomic E-state index is 0.0644. The maximum absolute atomic E-state index is 15.8. The van der Waals surface area contributed by atoms with Crippen LogP contribution in [-0.4, -0.2) is 9.97 Å². The van der Waals surface area contributed by atoms with E-state index in [2.05, 4.69) is 0 Å². The maximum Gasteiger partial charge on any atom is 0.143 e. The molecule has 0 fully saturated rings. The molecule has 6 heteroatoms. The topological polar surface area (TPSA) is 25.8 Å². The Morgan fingerprint density at radius 2 is 1.14 bits per heavy atom. The fraction of sp³-hybridized carbons (Fsp3) is 0.135. The van der Waals surface area contributed by atoms with E-state index in [0.717, 1.165) is 12.8 Å². The number of hydrogen-bond acceptors (Lipinski definition) is 2. The summed E-state index contributed by atoms with van der Waals surface area (Å²) in [4.78, 5) is 9.57. The van der Waals surface area contributed by atoms with Crippen LogP contribution in [0.4, 0.5) is 17.6 Å². The molecule has 2 aromatic heterocycles. The first-order chi connectivity index (χ1) is 20.8. The molecule has 0 aliphatic heterocycles. The summed E-state index contributed by atoms with van der Waals surface area (Å²) in [6.45, 7) is 3.84. The summed E-state index contributed by atoms with van der Waals surface area (Å²) in [6.07, 6.45) is 7.04. The monoisotopic (exact) mass is 576 g/mol. The number of pyridine rings is 2. The average Bonchev–Trinajstić information content (AvgIpc) is 3.02. The van der Waals surface area contributed by atoms with Crippen LogP contribution in [-0.2, 0) is 5.41 Å². The molecule has 0 atom stereocenters. The zero-order chi connectivity index (χ0) is 30.1. The zero-order valence-corrected chi connectivity index (χ0v) is 23.7. The molecule has 5 aromatic rings. The Morgan fingerprint density at radius 3 is 1.70 bits per heavy atom. The first-order valence-corrected chi connectivity index (χ1v) is 14.1. The van der Waals surface area contributed by atoms with Crippen molar-refractivity contribution in [3.63, 3.8) is 0 Å². The molecule has 2 heterocycles. The molecule has 1 aliphatic rings. The summed E-state index contributed by atoms with van der Waals surface area (Å²) in [7, 11) is 0. The van der Waals surface area contributed by atoms with Crippen LogP contribution in [0.2, 0.25) is 0 Å². The second kappa shape index (κ2) is 11.4. The highest BCUT2D eigenvalue weighted by Gasteiger charge is 2.28. The summed E-state index contributed by atoms with van der Waals surface area (Å²) in [6, 6.07) is 24.4. The van der Waals surface area contributed by atoms with Gasteiger partial charge < -0.3 is 0 Å². The Labute approximate surface area is 248 Å². The van der Waals surface area contributed by atoms with E-state index in [1.807, 2.05) is 38.1 Å². The molecule has 6 rings (SSSR count). The molecule has 0 radical (unpaired) electrons. The van der Waals surface area contributed by atoms with E-state index in [-0.39, 0.29) is 22.3 Å². The number of rotatable bonds is 6. The van der Waals surface area contributed by atoms with E-state index < -0.39 is 28.7 Å². The fourth-order valence-corrected chi connectivity index (χ4v) is 5.43. The molecular weight excluding hydrogens is 548 g/mol. The van der Waals surface area contributed by atoms with Crippen molar-refractivity contribution in [3.8, 4) is 33.6 Å². The van der Waals surface area contributed by atoms with Crippen LogP contribution in [0.15, 0.2) is 109 Å². The molecule has 0 unspecified atom stereocenters. The van der Waals surface area contributed by atoms with Gasteiger partial charge in [-0.25, -0.2) is 17.6 Å². The minimum atomic E-state index is -0.779. The minimum Gasteiger partial charge on any atom is -0.252 e. The number of hydrogen-bond donors (Lipinski definition) is 0. The van der Waals surface area contributed by atoms with Crippen LogP contribution in [0.5, 0.6) is 0 Å². The molecule has 0 saturated carbocycles. The highest BCUT2D eigenvalue weighted by atomic mass is 19.1. The van der Waals surface area contributed by atoms with Gasteiger partial charge in [0.15, 0.2) is 0 Å². The predicted molar refractivity (Wildman–Crippen MR) is 163 cm³/mol. The van der Waals surface area contributed by atoms with E-state index in [0.29, 0.717) is 33.9 Å². The highest BCUT2D eigenvalue weighted by molar-refractivity contribution is 5.79. The van der Waals surface area contributed by atoms with E-state index in [1.165, 1.54) is 24.3 Å². The van der Waals surface area contributed by atoms with Crippen molar-refractivity contribution in [1.82, 2.24) is 9.97 Å². The van der Waals surface area contributed by atoms with Crippen molar-refractivity contribution in [2.24, 2.45) is 0 Å². The van der Waals surface area contributed by atoms with Crippen molar-refractivity contribution in [3.05, 3.63) is 149 Å². The predicted octanol–water partition coefficient (Wildman–Crippen LogP) is 10.1. The van der Waals surface area contributed by atoms with Crippen LogP contribution >= 0.6 is 0 Å². The standard InChI is InChI=1S/C37H28F4N2/c1-37(2,31-17-9-15-29(42-31)25-19-21-27(38)33(35(25)40)23-11-5-3-6-12-23)32-18-10-16-30(43-32)26-20-22-28(39)34(36(26)41)24-13-7-4-8-14-24/h3,5-7,9-22H,4,8H2,1-2H3. The second-order valence-corrected chi connectivity index (χ2v) is 11.0. The lowest BCUT2D eigenvalue weighted by atomic mass is 9.84. The highest BCUT2D eigenvalue weighted by Crippen LogP contribution is 2.37. The third kappa shape index (κ3) is 5.29. The molecule has 0 bridgehead atoms. The summed E-state index contributed by atoms with van der Waals surface area (Å²) < 4.78 is 61.1. The Bertz CT molecular complexity index is 1890. The third-order valence-electron chi connectivity index (χ3n) is 7.86. The third-order valence-corrected chi connectivity index (χ3v) is 7.86. The van der Waals surface area contributed by atoms with Crippen LogP contribution in [0.3, 0.4) is 0 Å². The van der Waals surface area contributed by atoms with E-state index in [9.17, 15) is 8.78 Å². The summed E-state index contributed by atoms with van der Waals surface area (Å²) in [5, 5.41) is 0. The summed E-state index contributed by atoms with van der Waals surface area (Å²) in [5.41, 5.74) is 2.26. The van der Waals surface area contributed by atoms with Crippen molar-refractivity contribution in [2.45, 2.75) is 32.1 Å². The second-order valence-electron chi connectivity index (χ2n) is 11.0. The fourth-order valence-electron chi connectivity index (χ4n) is 5.43. The van der Waals surface area contributed by atoms with Gasteiger partial charge in [-0.05, 0) is 86.4 Å².